The third kappa shape index (κ3) is 4.70. The quantitative estimate of drug-likeness (QED) is 0.766. The summed E-state index contributed by atoms with van der Waals surface area (Å²) in [5, 5.41) is 14.2. The van der Waals surface area contributed by atoms with Crippen molar-refractivity contribution >= 4 is 17.7 Å². The lowest BCUT2D eigenvalue weighted by molar-refractivity contribution is -0.133. The average Bonchev–Trinajstić information content (AvgIpc) is 2.66. The first-order valence-corrected chi connectivity index (χ1v) is 6.95. The van der Waals surface area contributed by atoms with Crippen molar-refractivity contribution in [2.24, 2.45) is 0 Å². The van der Waals surface area contributed by atoms with E-state index in [1.54, 1.807) is 0 Å². The minimum absolute atomic E-state index is 0.0746. The van der Waals surface area contributed by atoms with Crippen molar-refractivity contribution in [3.63, 3.8) is 0 Å². The van der Waals surface area contributed by atoms with Crippen molar-refractivity contribution in [1.82, 2.24) is 14.7 Å². The molecule has 0 amide bonds. The summed E-state index contributed by atoms with van der Waals surface area (Å²) in [5.41, 5.74) is 1.02. The highest BCUT2D eigenvalue weighted by Gasteiger charge is 2.12. The summed E-state index contributed by atoms with van der Waals surface area (Å²) >= 11 is 1.33. The van der Waals surface area contributed by atoms with Crippen LogP contribution in [0, 0.1) is 0 Å². The van der Waals surface area contributed by atoms with Gasteiger partial charge in [0.15, 0.2) is 0 Å². The minimum atomic E-state index is -0.800. The van der Waals surface area contributed by atoms with Crippen LogP contribution in [0.15, 0.2) is 11.1 Å². The zero-order chi connectivity index (χ0) is 13.7. The van der Waals surface area contributed by atoms with Gasteiger partial charge >= 0.3 is 5.97 Å². The molecule has 18 heavy (non-hydrogen) atoms. The maximum absolute atomic E-state index is 10.6. The lowest BCUT2D eigenvalue weighted by Crippen LogP contribution is -2.19. The fourth-order valence-corrected chi connectivity index (χ4v) is 2.16. The van der Waals surface area contributed by atoms with E-state index in [0.29, 0.717) is 5.92 Å². The van der Waals surface area contributed by atoms with Gasteiger partial charge in [-0.25, -0.2) is 0 Å². The first kappa shape index (κ1) is 15.0. The Balaban J connectivity index is 2.79. The fraction of sp³-hybridized carbons (Fsp3) is 0.667. The summed E-state index contributed by atoms with van der Waals surface area (Å²) in [5.74, 6) is -0.369. The van der Waals surface area contributed by atoms with Crippen molar-refractivity contribution < 1.29 is 9.90 Å². The van der Waals surface area contributed by atoms with E-state index < -0.39 is 5.97 Å². The molecule has 0 aromatic carbocycles. The molecule has 0 saturated heterocycles. The van der Waals surface area contributed by atoms with E-state index >= 15 is 0 Å². The summed E-state index contributed by atoms with van der Waals surface area (Å²) in [6.45, 7) is 5.84. The summed E-state index contributed by atoms with van der Waals surface area (Å²) < 4.78 is 1.91. The highest BCUT2D eigenvalue weighted by molar-refractivity contribution is 7.99. The number of carboxylic acids is 1. The topological polar surface area (TPSA) is 58.4 Å². The number of aliphatic carboxylic acids is 1. The third-order valence-electron chi connectivity index (χ3n) is 2.46. The molecule has 0 aliphatic rings. The van der Waals surface area contributed by atoms with Crippen LogP contribution >= 0.6 is 11.8 Å². The van der Waals surface area contributed by atoms with E-state index in [-0.39, 0.29) is 5.75 Å². The van der Waals surface area contributed by atoms with Gasteiger partial charge in [0, 0.05) is 6.54 Å². The summed E-state index contributed by atoms with van der Waals surface area (Å²) in [7, 11) is 4.02. The molecule has 1 aromatic rings. The molecule has 0 aliphatic heterocycles. The Morgan fingerprint density at radius 3 is 2.72 bits per heavy atom. The summed E-state index contributed by atoms with van der Waals surface area (Å²) in [4.78, 5) is 12.7. The Labute approximate surface area is 112 Å². The number of carbonyl (C=O) groups is 1. The largest absolute Gasteiger partial charge is 0.481 e. The normalized spacial score (nSPS) is 11.4. The Hall–Kier alpha value is -1.01. The standard InChI is InChI=1S/C12H21N3O2S/c1-9(2)10-7-11(18-8-12(16)17)15(13-10)6-5-14(3)4/h7,9H,5-6,8H2,1-4H3,(H,16,17). The van der Waals surface area contributed by atoms with Gasteiger partial charge in [-0.3, -0.25) is 9.48 Å². The number of rotatable bonds is 7. The van der Waals surface area contributed by atoms with Crippen molar-refractivity contribution in [2.75, 3.05) is 26.4 Å². The van der Waals surface area contributed by atoms with E-state index in [4.69, 9.17) is 5.11 Å². The van der Waals surface area contributed by atoms with Crippen molar-refractivity contribution in [3.05, 3.63) is 11.8 Å². The molecule has 1 rings (SSSR count). The lowest BCUT2D eigenvalue weighted by atomic mass is 10.1. The molecular weight excluding hydrogens is 250 g/mol. The van der Waals surface area contributed by atoms with Crippen LogP contribution < -0.4 is 0 Å². The van der Waals surface area contributed by atoms with E-state index in [9.17, 15) is 4.79 Å². The number of likely N-dealkylation sites (N-methyl/N-ethyl adjacent to an activating group) is 1. The molecule has 0 unspecified atom stereocenters. The Bertz CT molecular complexity index is 402. The van der Waals surface area contributed by atoms with Crippen LogP contribution in [0.1, 0.15) is 25.5 Å². The third-order valence-corrected chi connectivity index (χ3v) is 3.47. The molecule has 1 aromatic heterocycles. The molecule has 0 aliphatic carbocycles. The van der Waals surface area contributed by atoms with Crippen molar-refractivity contribution in [2.45, 2.75) is 31.3 Å². The molecule has 0 fully saturated rings. The monoisotopic (exact) mass is 271 g/mol. The number of carboxylic acid groups (broad SMARTS) is 1. The predicted octanol–water partition coefficient (Wildman–Crippen LogP) is 1.74. The lowest BCUT2D eigenvalue weighted by Gasteiger charge is -2.11. The van der Waals surface area contributed by atoms with E-state index in [2.05, 4.69) is 23.8 Å². The van der Waals surface area contributed by atoms with E-state index in [1.165, 1.54) is 11.8 Å². The smallest absolute Gasteiger partial charge is 0.313 e. The van der Waals surface area contributed by atoms with Crippen LogP contribution in [0.2, 0.25) is 0 Å². The van der Waals surface area contributed by atoms with Gasteiger partial charge in [-0.05, 0) is 26.1 Å². The van der Waals surface area contributed by atoms with Crippen LogP contribution in [0.5, 0.6) is 0 Å². The van der Waals surface area contributed by atoms with Crippen LogP contribution in [-0.4, -0.2) is 52.1 Å². The van der Waals surface area contributed by atoms with E-state index in [0.717, 1.165) is 23.8 Å². The second-order valence-electron chi connectivity index (χ2n) is 4.77. The molecular formula is C12H21N3O2S. The fourth-order valence-electron chi connectivity index (χ4n) is 1.41. The molecule has 5 nitrogen and oxygen atoms in total. The van der Waals surface area contributed by atoms with Gasteiger partial charge in [0.25, 0.3) is 0 Å². The molecule has 6 heteroatoms. The molecule has 0 spiro atoms. The summed E-state index contributed by atoms with van der Waals surface area (Å²) in [6.07, 6.45) is 0. The van der Waals surface area contributed by atoms with Crippen LogP contribution in [0.4, 0.5) is 0 Å². The van der Waals surface area contributed by atoms with E-state index in [1.807, 2.05) is 24.8 Å². The predicted molar refractivity (Wildman–Crippen MR) is 73.2 cm³/mol. The second-order valence-corrected chi connectivity index (χ2v) is 5.77. The Morgan fingerprint density at radius 2 is 2.22 bits per heavy atom. The average molecular weight is 271 g/mol. The van der Waals surface area contributed by atoms with Gasteiger partial charge < -0.3 is 10.0 Å². The maximum atomic E-state index is 10.6. The number of nitrogens with zero attached hydrogens (tertiary/aromatic N) is 3. The molecule has 0 saturated carbocycles. The highest BCUT2D eigenvalue weighted by Crippen LogP contribution is 2.23. The first-order valence-electron chi connectivity index (χ1n) is 5.97. The van der Waals surface area contributed by atoms with Gasteiger partial charge in [0.2, 0.25) is 0 Å². The summed E-state index contributed by atoms with van der Waals surface area (Å²) in [6, 6.07) is 1.99. The number of thioether (sulfide) groups is 1. The van der Waals surface area contributed by atoms with Gasteiger partial charge in [-0.15, -0.1) is 0 Å². The van der Waals surface area contributed by atoms with Crippen LogP contribution in [-0.2, 0) is 11.3 Å². The first-order chi connectivity index (χ1) is 8.40. The maximum Gasteiger partial charge on any atom is 0.313 e. The minimum Gasteiger partial charge on any atom is -0.481 e. The van der Waals surface area contributed by atoms with Crippen molar-refractivity contribution in [1.29, 1.82) is 0 Å². The number of aromatic nitrogens is 2. The number of hydrogen-bond acceptors (Lipinski definition) is 4. The van der Waals surface area contributed by atoms with Crippen LogP contribution in [0.3, 0.4) is 0 Å². The SMILES string of the molecule is CC(C)c1cc(SCC(=O)O)n(CCN(C)C)n1. The van der Waals surface area contributed by atoms with Crippen molar-refractivity contribution in [3.8, 4) is 0 Å². The number of hydrogen-bond donors (Lipinski definition) is 1. The Morgan fingerprint density at radius 1 is 1.56 bits per heavy atom. The molecule has 0 atom stereocenters. The molecule has 0 bridgehead atoms. The van der Waals surface area contributed by atoms with Gasteiger partial charge in [-0.2, -0.15) is 5.10 Å². The van der Waals surface area contributed by atoms with Crippen LogP contribution in [0.25, 0.3) is 0 Å². The molecule has 1 heterocycles. The second kappa shape index (κ2) is 6.80. The zero-order valence-corrected chi connectivity index (χ0v) is 12.2. The molecule has 0 radical (unpaired) electrons. The van der Waals surface area contributed by atoms with Gasteiger partial charge in [-0.1, -0.05) is 25.6 Å². The highest BCUT2D eigenvalue weighted by atomic mass is 32.2. The van der Waals surface area contributed by atoms with Gasteiger partial charge in [0.05, 0.1) is 23.0 Å². The van der Waals surface area contributed by atoms with Gasteiger partial charge in [0.1, 0.15) is 0 Å². The molecule has 102 valence electrons. The molecule has 1 N–H and O–H groups in total. The zero-order valence-electron chi connectivity index (χ0n) is 11.4. The Kier molecular flexibility index (Phi) is 5.68.